The van der Waals surface area contributed by atoms with Crippen molar-refractivity contribution < 1.29 is 57.2 Å². The Hall–Kier alpha value is -5.88. The van der Waals surface area contributed by atoms with Crippen LogP contribution in [-0.2, 0) is 95.7 Å². The highest BCUT2D eigenvalue weighted by atomic mass is 32.1. The molecule has 0 atom stereocenters. The highest BCUT2D eigenvalue weighted by Gasteiger charge is 2.30. The van der Waals surface area contributed by atoms with Crippen LogP contribution in [0, 0.1) is 0 Å². The van der Waals surface area contributed by atoms with Crippen LogP contribution in [0.4, 0.5) is 0 Å². The maximum atomic E-state index is 13.2. The number of ether oxygens (including phenoxy) is 6. The second-order valence-electron chi connectivity index (χ2n) is 16.3. The molecular weight excluding hydrogens is 1130 g/mol. The molecule has 0 aromatic carbocycles. The van der Waals surface area contributed by atoms with E-state index in [2.05, 4.69) is 0 Å². The number of thiophene rings is 9. The molecule has 0 aliphatic heterocycles. The van der Waals surface area contributed by atoms with Gasteiger partial charge in [-0.2, -0.15) is 0 Å². The lowest BCUT2D eigenvalue weighted by atomic mass is 10.0. The molecule has 0 amide bonds. The quantitative estimate of drug-likeness (QED) is 0.0526. The summed E-state index contributed by atoms with van der Waals surface area (Å²) in [4.78, 5) is 92.5. The minimum atomic E-state index is -0.450. The Bertz CT molecular complexity index is 3320. The van der Waals surface area contributed by atoms with Crippen molar-refractivity contribution in [2.75, 3.05) is 42.7 Å². The first-order valence-electron chi connectivity index (χ1n) is 22.7. The van der Waals surface area contributed by atoms with Gasteiger partial charge >= 0.3 is 35.8 Å². The van der Waals surface area contributed by atoms with E-state index in [0.717, 1.165) is 100 Å². The topological polar surface area (TPSA) is 158 Å². The number of hydrogen-bond donors (Lipinski definition) is 0. The summed E-state index contributed by atoms with van der Waals surface area (Å²) in [7, 11) is 8.09. The van der Waals surface area contributed by atoms with Gasteiger partial charge < -0.3 is 28.4 Å². The van der Waals surface area contributed by atoms with E-state index >= 15 is 0 Å². The highest BCUT2D eigenvalue weighted by molar-refractivity contribution is 7.32. The third-order valence-corrected chi connectivity index (χ3v) is 23.3. The summed E-state index contributed by atoms with van der Waals surface area (Å²) < 4.78 is 30.8. The Morgan fingerprint density at radius 3 is 0.667 bits per heavy atom. The van der Waals surface area contributed by atoms with Crippen molar-refractivity contribution in [1.29, 1.82) is 0 Å². The summed E-state index contributed by atoms with van der Waals surface area (Å²) in [5, 5.41) is 3.95. The van der Waals surface area contributed by atoms with Crippen LogP contribution < -0.4 is 0 Å². The Kier molecular flexibility index (Phi) is 17.2. The zero-order valence-corrected chi connectivity index (χ0v) is 48.2. The van der Waals surface area contributed by atoms with Crippen LogP contribution in [0.2, 0.25) is 0 Å². The SMILES string of the molecule is COC(=O)Cc1c(-c2cccs2)sc(-c2ccc(-c3ccc(-c4sc(-c5ccc(-c6ccc(-c7sc(-c8cccs8)c(CC(=O)OC)c7CC(=O)OC)s6)s5)c(CC(=O)OC)c4CC(=O)OC)s3)s2)c1CC(=O)OC. The Morgan fingerprint density at radius 1 is 0.280 bits per heavy atom. The number of rotatable bonds is 20. The lowest BCUT2D eigenvalue weighted by Crippen LogP contribution is -2.10. The van der Waals surface area contributed by atoms with Gasteiger partial charge in [0.15, 0.2) is 0 Å². The molecule has 0 saturated carbocycles. The van der Waals surface area contributed by atoms with Crippen LogP contribution in [0.3, 0.4) is 0 Å². The van der Waals surface area contributed by atoms with E-state index < -0.39 is 35.8 Å². The molecule has 21 heteroatoms. The normalized spacial score (nSPS) is 11.2. The highest BCUT2D eigenvalue weighted by Crippen LogP contribution is 2.53. The minimum absolute atomic E-state index is 0.00444. The number of carbonyl (C=O) groups is 6. The van der Waals surface area contributed by atoms with Gasteiger partial charge in [-0.25, -0.2) is 0 Å². The molecular formula is C54H44O12S9. The molecule has 0 fully saturated rings. The van der Waals surface area contributed by atoms with Crippen LogP contribution in [0.1, 0.15) is 33.4 Å². The number of carbonyl (C=O) groups excluding carboxylic acids is 6. The van der Waals surface area contributed by atoms with Crippen molar-refractivity contribution >= 4 is 138 Å². The maximum absolute atomic E-state index is 13.2. The van der Waals surface area contributed by atoms with Crippen LogP contribution in [0.15, 0.2) is 83.6 Å². The molecule has 0 aliphatic carbocycles. The molecule has 12 nitrogen and oxygen atoms in total. The smallest absolute Gasteiger partial charge is 0.310 e. The molecule has 9 aromatic rings. The van der Waals surface area contributed by atoms with Crippen LogP contribution in [0.25, 0.3) is 78.0 Å². The maximum Gasteiger partial charge on any atom is 0.310 e. The second kappa shape index (κ2) is 24.0. The standard InChI is InChI=1S/C54H44O12S9/c1-61-43(55)21-27-29(23-45(57)63-3)51(73-49(27)37-9-7-19-67-37)39-15-11-33(69-39)35-13-17-41(71-35)53-31(25-47(59)65-5)32(26-48(60)66-6)54(75-53)42-18-14-36(72-42)34-12-16-40(70-34)52-30(24-46(58)64-4)28(22-44(56)62-2)50(74-52)38-10-8-20-68-38/h7-20H,21-26H2,1-6H3. The molecule has 0 N–H and O–H groups in total. The molecule has 0 aliphatic rings. The van der Waals surface area contributed by atoms with Gasteiger partial charge in [0.2, 0.25) is 0 Å². The van der Waals surface area contributed by atoms with Gasteiger partial charge in [-0.05, 0) is 105 Å². The van der Waals surface area contributed by atoms with Gasteiger partial charge in [0.05, 0.1) is 81.2 Å². The van der Waals surface area contributed by atoms with Gasteiger partial charge in [-0.3, -0.25) is 28.8 Å². The van der Waals surface area contributed by atoms with E-state index in [1.54, 1.807) is 68.0 Å². The first-order valence-corrected chi connectivity index (χ1v) is 30.2. The summed E-state index contributed by atoms with van der Waals surface area (Å²) in [5.74, 6) is -2.55. The van der Waals surface area contributed by atoms with Crippen LogP contribution in [0.5, 0.6) is 0 Å². The van der Waals surface area contributed by atoms with Crippen molar-refractivity contribution in [2.24, 2.45) is 0 Å². The number of methoxy groups -OCH3 is 6. The van der Waals surface area contributed by atoms with E-state index in [1.807, 2.05) is 83.6 Å². The molecule has 9 heterocycles. The second-order valence-corrected chi connectivity index (χ2v) is 25.6. The largest absolute Gasteiger partial charge is 0.469 e. The van der Waals surface area contributed by atoms with Crippen molar-refractivity contribution in [2.45, 2.75) is 38.5 Å². The van der Waals surface area contributed by atoms with Gasteiger partial charge in [-0.15, -0.1) is 102 Å². The van der Waals surface area contributed by atoms with Crippen LogP contribution in [-0.4, -0.2) is 78.5 Å². The van der Waals surface area contributed by atoms with E-state index in [4.69, 9.17) is 28.4 Å². The summed E-state index contributed by atoms with van der Waals surface area (Å²) in [6.07, 6.45) is -0.158. The van der Waals surface area contributed by atoms with E-state index in [1.165, 1.54) is 76.7 Å². The average molecular weight is 1170 g/mol. The number of hydrogen-bond acceptors (Lipinski definition) is 21. The molecule has 9 aromatic heterocycles. The van der Waals surface area contributed by atoms with Crippen molar-refractivity contribution in [3.05, 3.63) is 117 Å². The Labute approximate surface area is 467 Å². The van der Waals surface area contributed by atoms with Gasteiger partial charge in [0.25, 0.3) is 0 Å². The zero-order chi connectivity index (χ0) is 52.9. The third-order valence-electron chi connectivity index (χ3n) is 11.9. The summed E-state index contributed by atoms with van der Waals surface area (Å²) in [6.45, 7) is 0. The van der Waals surface area contributed by atoms with E-state index in [9.17, 15) is 28.8 Å². The van der Waals surface area contributed by atoms with E-state index in [0.29, 0.717) is 11.1 Å². The molecule has 386 valence electrons. The van der Waals surface area contributed by atoms with Crippen molar-refractivity contribution in [1.82, 2.24) is 0 Å². The Balaban J connectivity index is 1.09. The lowest BCUT2D eigenvalue weighted by molar-refractivity contribution is -0.141. The number of esters is 6. The molecule has 0 bridgehead atoms. The van der Waals surface area contributed by atoms with Gasteiger partial charge in [0, 0.05) is 78.0 Å². The van der Waals surface area contributed by atoms with Gasteiger partial charge in [0.1, 0.15) is 0 Å². The summed E-state index contributed by atoms with van der Waals surface area (Å²) in [6, 6.07) is 24.2. The predicted molar refractivity (Wildman–Crippen MR) is 305 cm³/mol. The predicted octanol–water partition coefficient (Wildman–Crippen LogP) is 13.9. The Morgan fingerprint density at radius 2 is 0.480 bits per heavy atom. The fourth-order valence-electron chi connectivity index (χ4n) is 8.30. The molecule has 75 heavy (non-hydrogen) atoms. The van der Waals surface area contributed by atoms with Crippen LogP contribution >= 0.6 is 102 Å². The summed E-state index contributed by atoms with van der Waals surface area (Å²) >= 11 is 14.0. The first kappa shape index (κ1) is 53.9. The zero-order valence-electron chi connectivity index (χ0n) is 40.9. The van der Waals surface area contributed by atoms with Crippen molar-refractivity contribution in [3.8, 4) is 78.0 Å². The average Bonchev–Trinajstić information content (AvgIpc) is 4.26. The molecule has 0 radical (unpaired) electrons. The van der Waals surface area contributed by atoms with Crippen molar-refractivity contribution in [3.63, 3.8) is 0 Å². The fraction of sp³-hybridized carbons (Fsp3) is 0.222. The first-order chi connectivity index (χ1) is 36.3. The molecule has 0 unspecified atom stereocenters. The molecule has 0 spiro atoms. The van der Waals surface area contributed by atoms with Gasteiger partial charge in [-0.1, -0.05) is 12.1 Å². The molecule has 0 saturated heterocycles. The van der Waals surface area contributed by atoms with E-state index in [-0.39, 0.29) is 38.5 Å². The lowest BCUT2D eigenvalue weighted by Gasteiger charge is -2.07. The molecule has 9 rings (SSSR count). The third kappa shape index (κ3) is 11.6. The monoisotopic (exact) mass is 1170 g/mol. The fourth-order valence-corrected chi connectivity index (χ4v) is 18.8. The summed E-state index contributed by atoms with van der Waals surface area (Å²) in [5.41, 5.74) is 4.33. The minimum Gasteiger partial charge on any atom is -0.469 e.